The molecule has 0 bridgehead atoms. The molecule has 21 heavy (non-hydrogen) atoms. The number of benzene rings is 1. The lowest BCUT2D eigenvalue weighted by atomic mass is 9.98. The number of rotatable bonds is 5. The van der Waals surface area contributed by atoms with Crippen molar-refractivity contribution in [3.8, 4) is 5.75 Å². The number of nitrogens with two attached hydrogens (primary N) is 1. The number of amides is 1. The molecule has 1 amide bonds. The Bertz CT molecular complexity index is 635. The summed E-state index contributed by atoms with van der Waals surface area (Å²) in [6.07, 6.45) is 0. The van der Waals surface area contributed by atoms with Gasteiger partial charge < -0.3 is 4.74 Å². The zero-order valence-electron chi connectivity index (χ0n) is 12.5. The van der Waals surface area contributed by atoms with Crippen molar-refractivity contribution >= 4 is 17.2 Å². The second-order valence-electron chi connectivity index (χ2n) is 5.20. The molecule has 1 heterocycles. The number of nitrogen functional groups attached to an aromatic ring is 1. The molecule has 0 fully saturated rings. The lowest BCUT2D eigenvalue weighted by Gasteiger charge is -2.12. The Balaban J connectivity index is 2.01. The highest BCUT2D eigenvalue weighted by Crippen LogP contribution is 2.25. The van der Waals surface area contributed by atoms with Crippen LogP contribution in [0.1, 0.15) is 45.4 Å². The second-order valence-corrected chi connectivity index (χ2v) is 6.37. The maximum Gasteiger partial charge on any atom is 0.275 e. The van der Waals surface area contributed by atoms with Crippen molar-refractivity contribution in [3.63, 3.8) is 0 Å². The van der Waals surface area contributed by atoms with E-state index >= 15 is 0 Å². The number of hydrazine groups is 1. The Kier molecular flexibility index (Phi) is 4.98. The number of aryl methyl sites for hydroxylation is 1. The molecule has 0 aliphatic rings. The van der Waals surface area contributed by atoms with Gasteiger partial charge in [0.15, 0.2) is 0 Å². The zero-order valence-corrected chi connectivity index (χ0v) is 13.3. The summed E-state index contributed by atoms with van der Waals surface area (Å²) in [6.45, 7) is 6.90. The van der Waals surface area contributed by atoms with Crippen molar-refractivity contribution in [2.45, 2.75) is 33.3 Å². The monoisotopic (exact) mass is 304 g/mol. The molecular weight excluding hydrogens is 284 g/mol. The molecule has 0 saturated carbocycles. The van der Waals surface area contributed by atoms with E-state index < -0.39 is 0 Å². The summed E-state index contributed by atoms with van der Waals surface area (Å²) in [4.78, 5) is 13.0. The molecule has 1 aromatic carbocycles. The molecule has 0 aliphatic heterocycles. The SMILES string of the molecule is Cc1cc(OCc2ccc(C(=O)NN)s2)ccc1C(C)C. The molecule has 0 radical (unpaired) electrons. The van der Waals surface area contributed by atoms with Gasteiger partial charge in [-0.15, -0.1) is 11.3 Å². The lowest BCUT2D eigenvalue weighted by Crippen LogP contribution is -2.29. The van der Waals surface area contributed by atoms with Gasteiger partial charge in [0.2, 0.25) is 0 Å². The third-order valence-electron chi connectivity index (χ3n) is 3.26. The van der Waals surface area contributed by atoms with E-state index in [1.165, 1.54) is 22.5 Å². The Morgan fingerprint density at radius 3 is 2.71 bits per heavy atom. The fraction of sp³-hybridized carbons (Fsp3) is 0.312. The van der Waals surface area contributed by atoms with Crippen molar-refractivity contribution in [2.24, 2.45) is 5.84 Å². The zero-order chi connectivity index (χ0) is 15.4. The molecule has 112 valence electrons. The van der Waals surface area contributed by atoms with Gasteiger partial charge in [0, 0.05) is 4.88 Å². The number of ether oxygens (including phenoxy) is 1. The number of carbonyl (C=O) groups excluding carboxylic acids is 1. The summed E-state index contributed by atoms with van der Waals surface area (Å²) in [5.74, 6) is 6.19. The first kappa shape index (κ1) is 15.5. The highest BCUT2D eigenvalue weighted by atomic mass is 32.1. The van der Waals surface area contributed by atoms with Gasteiger partial charge in [-0.3, -0.25) is 10.2 Å². The van der Waals surface area contributed by atoms with Gasteiger partial charge in [0.05, 0.1) is 4.88 Å². The van der Waals surface area contributed by atoms with Gasteiger partial charge in [0.1, 0.15) is 12.4 Å². The van der Waals surface area contributed by atoms with Crippen LogP contribution in [0.4, 0.5) is 0 Å². The highest BCUT2D eigenvalue weighted by Gasteiger charge is 2.09. The van der Waals surface area contributed by atoms with Crippen molar-refractivity contribution < 1.29 is 9.53 Å². The van der Waals surface area contributed by atoms with Crippen LogP contribution in [0.5, 0.6) is 5.75 Å². The van der Waals surface area contributed by atoms with E-state index in [1.54, 1.807) is 6.07 Å². The minimum Gasteiger partial charge on any atom is -0.488 e. The average molecular weight is 304 g/mol. The molecule has 4 nitrogen and oxygen atoms in total. The van der Waals surface area contributed by atoms with E-state index in [9.17, 15) is 4.79 Å². The summed E-state index contributed by atoms with van der Waals surface area (Å²) in [6, 6.07) is 9.78. The Labute approximate surface area is 128 Å². The molecule has 0 saturated heterocycles. The Morgan fingerprint density at radius 1 is 1.33 bits per heavy atom. The van der Waals surface area contributed by atoms with Gasteiger partial charge in [0.25, 0.3) is 5.91 Å². The minimum absolute atomic E-state index is 0.275. The molecule has 3 N–H and O–H groups in total. The van der Waals surface area contributed by atoms with Crippen LogP contribution in [0.25, 0.3) is 0 Å². The molecule has 2 rings (SSSR count). The standard InChI is InChI=1S/C16H20N2O2S/c1-10(2)14-6-4-12(8-11(14)3)20-9-13-5-7-15(21-13)16(19)18-17/h4-8,10H,9,17H2,1-3H3,(H,18,19). The summed E-state index contributed by atoms with van der Waals surface area (Å²) in [5.41, 5.74) is 4.69. The summed E-state index contributed by atoms with van der Waals surface area (Å²) in [7, 11) is 0. The van der Waals surface area contributed by atoms with Crippen LogP contribution >= 0.6 is 11.3 Å². The van der Waals surface area contributed by atoms with E-state index in [4.69, 9.17) is 10.6 Å². The van der Waals surface area contributed by atoms with Crippen LogP contribution in [0.15, 0.2) is 30.3 Å². The quantitative estimate of drug-likeness (QED) is 0.506. The molecule has 0 atom stereocenters. The maximum atomic E-state index is 11.4. The molecular formula is C16H20N2O2S. The van der Waals surface area contributed by atoms with E-state index in [0.29, 0.717) is 17.4 Å². The summed E-state index contributed by atoms with van der Waals surface area (Å²) in [5, 5.41) is 0. The lowest BCUT2D eigenvalue weighted by molar-refractivity contribution is 0.0957. The predicted octanol–water partition coefficient (Wildman–Crippen LogP) is 3.36. The molecule has 1 aromatic heterocycles. The van der Waals surface area contributed by atoms with Gasteiger partial charge >= 0.3 is 0 Å². The van der Waals surface area contributed by atoms with E-state index in [0.717, 1.165) is 10.6 Å². The topological polar surface area (TPSA) is 64.3 Å². The first-order chi connectivity index (χ1) is 10.0. The number of carbonyl (C=O) groups is 1. The van der Waals surface area contributed by atoms with E-state index in [2.05, 4.69) is 38.3 Å². The fourth-order valence-electron chi connectivity index (χ4n) is 2.19. The van der Waals surface area contributed by atoms with E-state index in [1.807, 2.05) is 12.1 Å². The van der Waals surface area contributed by atoms with Crippen molar-refractivity contribution in [3.05, 3.63) is 51.2 Å². The maximum absolute atomic E-state index is 11.4. The van der Waals surface area contributed by atoms with Gasteiger partial charge in [-0.05, 0) is 48.2 Å². The predicted molar refractivity (Wildman–Crippen MR) is 85.6 cm³/mol. The molecule has 2 aromatic rings. The van der Waals surface area contributed by atoms with Crippen LogP contribution in [-0.2, 0) is 6.61 Å². The molecule has 0 unspecified atom stereocenters. The molecule has 5 heteroatoms. The largest absolute Gasteiger partial charge is 0.488 e. The van der Waals surface area contributed by atoms with Crippen molar-refractivity contribution in [1.82, 2.24) is 5.43 Å². The van der Waals surface area contributed by atoms with Crippen LogP contribution in [-0.4, -0.2) is 5.91 Å². The van der Waals surface area contributed by atoms with E-state index in [-0.39, 0.29) is 5.91 Å². The van der Waals surface area contributed by atoms with Gasteiger partial charge in [-0.25, -0.2) is 5.84 Å². The van der Waals surface area contributed by atoms with Crippen LogP contribution in [0.2, 0.25) is 0 Å². The van der Waals surface area contributed by atoms with Crippen LogP contribution in [0, 0.1) is 6.92 Å². The number of nitrogens with one attached hydrogen (secondary N) is 1. The first-order valence-corrected chi connectivity index (χ1v) is 7.66. The number of thiophene rings is 1. The highest BCUT2D eigenvalue weighted by molar-refractivity contribution is 7.14. The molecule has 0 aliphatic carbocycles. The molecule has 0 spiro atoms. The fourth-order valence-corrected chi connectivity index (χ4v) is 3.01. The average Bonchev–Trinajstić information content (AvgIpc) is 2.92. The summed E-state index contributed by atoms with van der Waals surface area (Å²) < 4.78 is 5.78. The van der Waals surface area contributed by atoms with Crippen molar-refractivity contribution in [1.29, 1.82) is 0 Å². The third kappa shape index (κ3) is 3.83. The van der Waals surface area contributed by atoms with Crippen molar-refractivity contribution in [2.75, 3.05) is 0 Å². The second kappa shape index (κ2) is 6.74. The Morgan fingerprint density at radius 2 is 2.10 bits per heavy atom. The normalized spacial score (nSPS) is 10.7. The minimum atomic E-state index is -0.275. The van der Waals surface area contributed by atoms with Gasteiger partial charge in [-0.1, -0.05) is 19.9 Å². The van der Waals surface area contributed by atoms with Crippen LogP contribution < -0.4 is 16.0 Å². The number of hydrogen-bond donors (Lipinski definition) is 2. The summed E-state index contributed by atoms with van der Waals surface area (Å²) >= 11 is 1.38. The Hall–Kier alpha value is -1.85. The third-order valence-corrected chi connectivity index (χ3v) is 4.32. The number of hydrogen-bond acceptors (Lipinski definition) is 4. The smallest absolute Gasteiger partial charge is 0.275 e. The first-order valence-electron chi connectivity index (χ1n) is 6.84. The van der Waals surface area contributed by atoms with Crippen LogP contribution in [0.3, 0.4) is 0 Å². The van der Waals surface area contributed by atoms with Gasteiger partial charge in [-0.2, -0.15) is 0 Å².